The van der Waals surface area contributed by atoms with Crippen LogP contribution < -0.4 is 5.32 Å². The lowest BCUT2D eigenvalue weighted by molar-refractivity contribution is -0.0502. The van der Waals surface area contributed by atoms with Crippen molar-refractivity contribution in [2.45, 2.75) is 25.1 Å². The number of guanidine groups is 1. The molecule has 2 aliphatic heterocycles. The zero-order valence-electron chi connectivity index (χ0n) is 18.8. The van der Waals surface area contributed by atoms with E-state index in [4.69, 9.17) is 4.74 Å². The molecule has 5 rings (SSSR count). The van der Waals surface area contributed by atoms with Gasteiger partial charge in [-0.3, -0.25) is 9.89 Å². The van der Waals surface area contributed by atoms with Gasteiger partial charge in [0.25, 0.3) is 0 Å². The normalized spacial score (nSPS) is 21.2. The third-order valence-corrected chi connectivity index (χ3v) is 6.56. The van der Waals surface area contributed by atoms with E-state index in [1.54, 1.807) is 6.07 Å². The van der Waals surface area contributed by atoms with Crippen molar-refractivity contribution in [3.63, 3.8) is 0 Å². The molecule has 2 aliphatic rings. The summed E-state index contributed by atoms with van der Waals surface area (Å²) in [5.74, 6) is 0.692. The summed E-state index contributed by atoms with van der Waals surface area (Å²) in [6.45, 7) is 5.20. The molecule has 6 nitrogen and oxygen atoms in total. The van der Waals surface area contributed by atoms with E-state index >= 15 is 0 Å². The molecule has 0 amide bonds. The third-order valence-electron chi connectivity index (χ3n) is 6.56. The summed E-state index contributed by atoms with van der Waals surface area (Å²) in [5, 5.41) is 4.58. The molecule has 0 aliphatic carbocycles. The Hall–Kier alpha value is -2.17. The van der Waals surface area contributed by atoms with Crippen LogP contribution in [0.5, 0.6) is 0 Å². The summed E-state index contributed by atoms with van der Waals surface area (Å²) in [5.41, 5.74) is 3.35. The molecule has 2 N–H and O–H groups in total. The largest absolute Gasteiger partial charge is 0.373 e. The van der Waals surface area contributed by atoms with Gasteiger partial charge < -0.3 is 19.9 Å². The number of aliphatic imine (C=N–C) groups is 1. The molecule has 33 heavy (non-hydrogen) atoms. The molecule has 0 saturated carbocycles. The van der Waals surface area contributed by atoms with Crippen LogP contribution in [-0.2, 0) is 17.7 Å². The van der Waals surface area contributed by atoms with Gasteiger partial charge in [0.2, 0.25) is 0 Å². The quantitative estimate of drug-likeness (QED) is 0.283. The maximum atomic E-state index is 13.4. The molecule has 3 heterocycles. The van der Waals surface area contributed by atoms with Crippen LogP contribution >= 0.6 is 24.0 Å². The molecule has 2 saturated heterocycles. The number of aromatic amines is 1. The van der Waals surface area contributed by atoms with Gasteiger partial charge in [0.1, 0.15) is 5.82 Å². The highest BCUT2D eigenvalue weighted by molar-refractivity contribution is 14.0. The number of benzene rings is 2. The van der Waals surface area contributed by atoms with Crippen LogP contribution in [0.3, 0.4) is 0 Å². The molecule has 2 aromatic carbocycles. The first-order valence-corrected chi connectivity index (χ1v) is 11.3. The van der Waals surface area contributed by atoms with E-state index in [1.807, 2.05) is 19.3 Å². The van der Waals surface area contributed by atoms with Gasteiger partial charge in [0.05, 0.1) is 18.8 Å². The highest BCUT2D eigenvalue weighted by Crippen LogP contribution is 2.25. The highest BCUT2D eigenvalue weighted by Gasteiger charge is 2.41. The molecule has 176 valence electrons. The Balaban J connectivity index is 0.00000259. The number of aromatic nitrogens is 1. The number of H-pyrrole nitrogens is 1. The zero-order valence-corrected chi connectivity index (χ0v) is 21.2. The predicted octanol–water partition coefficient (Wildman–Crippen LogP) is 3.63. The van der Waals surface area contributed by atoms with Crippen LogP contribution in [0.1, 0.15) is 11.1 Å². The second-order valence-corrected chi connectivity index (χ2v) is 8.57. The van der Waals surface area contributed by atoms with Crippen molar-refractivity contribution in [3.8, 4) is 0 Å². The maximum Gasteiger partial charge on any atom is 0.193 e. The molecule has 2 atom stereocenters. The number of nitrogens with zero attached hydrogens (tertiary/aromatic N) is 3. The molecular formula is C25H31FIN5O. The lowest BCUT2D eigenvalue weighted by atomic mass is 10.1. The topological polar surface area (TPSA) is 55.9 Å². The average molecular weight is 563 g/mol. The molecule has 0 spiro atoms. The van der Waals surface area contributed by atoms with Crippen molar-refractivity contribution < 1.29 is 9.13 Å². The highest BCUT2D eigenvalue weighted by atomic mass is 127. The van der Waals surface area contributed by atoms with E-state index < -0.39 is 0 Å². The number of likely N-dealkylation sites (tertiary alicyclic amines) is 1. The van der Waals surface area contributed by atoms with Crippen molar-refractivity contribution >= 4 is 40.8 Å². The summed E-state index contributed by atoms with van der Waals surface area (Å²) >= 11 is 0. The minimum atomic E-state index is -0.219. The Morgan fingerprint density at radius 2 is 2.06 bits per heavy atom. The number of nitrogens with one attached hydrogen (secondary N) is 2. The van der Waals surface area contributed by atoms with Crippen molar-refractivity contribution in [3.05, 3.63) is 71.7 Å². The van der Waals surface area contributed by atoms with Crippen LogP contribution in [0.25, 0.3) is 10.9 Å². The second-order valence-electron chi connectivity index (χ2n) is 8.57. The lowest BCUT2D eigenvalue weighted by Gasteiger charge is -2.36. The van der Waals surface area contributed by atoms with E-state index in [2.05, 4.69) is 55.4 Å². The van der Waals surface area contributed by atoms with E-state index in [-0.39, 0.29) is 35.9 Å². The van der Waals surface area contributed by atoms with Crippen molar-refractivity contribution in [1.29, 1.82) is 0 Å². The van der Waals surface area contributed by atoms with Gasteiger partial charge in [0.15, 0.2) is 5.96 Å². The van der Waals surface area contributed by atoms with Gasteiger partial charge in [-0.2, -0.15) is 0 Å². The predicted molar refractivity (Wildman–Crippen MR) is 141 cm³/mol. The van der Waals surface area contributed by atoms with Crippen LogP contribution in [0.15, 0.2) is 59.7 Å². The molecule has 2 unspecified atom stereocenters. The Labute approximate surface area is 211 Å². The minimum Gasteiger partial charge on any atom is -0.373 e. The Kier molecular flexibility index (Phi) is 7.87. The van der Waals surface area contributed by atoms with Gasteiger partial charge in [-0.25, -0.2) is 4.39 Å². The third kappa shape index (κ3) is 5.33. The van der Waals surface area contributed by atoms with Gasteiger partial charge in [-0.15, -0.1) is 24.0 Å². The summed E-state index contributed by atoms with van der Waals surface area (Å²) in [7, 11) is 1.83. The fourth-order valence-corrected chi connectivity index (χ4v) is 4.95. The molecule has 8 heteroatoms. The van der Waals surface area contributed by atoms with E-state index in [0.717, 1.165) is 62.6 Å². The lowest BCUT2D eigenvalue weighted by Crippen LogP contribution is -2.50. The number of ether oxygens (including phenoxy) is 1. The summed E-state index contributed by atoms with van der Waals surface area (Å²) in [6, 6.07) is 15.9. The SMILES string of the molecule is CN=C(NCCc1c[nH]c2cc(F)ccc12)N1CC2OCCN(Cc3ccccc3)C2C1.I. The number of hydrogen-bond acceptors (Lipinski definition) is 3. The summed E-state index contributed by atoms with van der Waals surface area (Å²) < 4.78 is 19.5. The van der Waals surface area contributed by atoms with E-state index in [1.165, 1.54) is 17.2 Å². The summed E-state index contributed by atoms with van der Waals surface area (Å²) in [4.78, 5) is 12.5. The first-order chi connectivity index (χ1) is 15.7. The van der Waals surface area contributed by atoms with Crippen molar-refractivity contribution in [2.75, 3.05) is 39.8 Å². The average Bonchev–Trinajstić information content (AvgIpc) is 3.42. The molecule has 1 aromatic heterocycles. The van der Waals surface area contributed by atoms with Gasteiger partial charge >= 0.3 is 0 Å². The van der Waals surface area contributed by atoms with Gasteiger partial charge in [0, 0.05) is 56.9 Å². The van der Waals surface area contributed by atoms with Crippen LogP contribution in [-0.4, -0.2) is 72.7 Å². The van der Waals surface area contributed by atoms with Gasteiger partial charge in [-0.1, -0.05) is 30.3 Å². The number of hydrogen-bond donors (Lipinski definition) is 2. The molecular weight excluding hydrogens is 532 g/mol. The molecule has 0 bridgehead atoms. The number of rotatable bonds is 5. The number of morpholine rings is 1. The standard InChI is InChI=1S/C25H30FN5O.HI/c1-27-25(28-10-9-19-14-29-22-13-20(26)7-8-21(19)22)31-16-23-24(17-31)32-12-11-30(23)15-18-5-3-2-4-6-18;/h2-8,13-14,23-24,29H,9-12,15-17H2,1H3,(H,27,28);1H. The smallest absolute Gasteiger partial charge is 0.193 e. The van der Waals surface area contributed by atoms with E-state index in [0.29, 0.717) is 6.04 Å². The maximum absolute atomic E-state index is 13.4. The number of halogens is 2. The Bertz CT molecular complexity index is 1090. The molecule has 0 radical (unpaired) electrons. The van der Waals surface area contributed by atoms with Crippen LogP contribution in [0.2, 0.25) is 0 Å². The first kappa shape index (κ1) is 24.0. The molecule has 3 aromatic rings. The fourth-order valence-electron chi connectivity index (χ4n) is 4.95. The number of fused-ring (bicyclic) bond motifs is 2. The minimum absolute atomic E-state index is 0. The Morgan fingerprint density at radius 1 is 1.21 bits per heavy atom. The van der Waals surface area contributed by atoms with Crippen molar-refractivity contribution in [1.82, 2.24) is 20.1 Å². The fraction of sp³-hybridized carbons (Fsp3) is 0.400. The molecule has 2 fully saturated rings. The van der Waals surface area contributed by atoms with Gasteiger partial charge in [-0.05, 0) is 35.7 Å². The van der Waals surface area contributed by atoms with Crippen LogP contribution in [0.4, 0.5) is 4.39 Å². The monoisotopic (exact) mass is 563 g/mol. The first-order valence-electron chi connectivity index (χ1n) is 11.3. The summed E-state index contributed by atoms with van der Waals surface area (Å²) in [6.07, 6.45) is 3.01. The second kappa shape index (κ2) is 10.8. The Morgan fingerprint density at radius 3 is 2.88 bits per heavy atom. The zero-order chi connectivity index (χ0) is 21.9. The van der Waals surface area contributed by atoms with Crippen LogP contribution in [0, 0.1) is 5.82 Å². The van der Waals surface area contributed by atoms with E-state index in [9.17, 15) is 4.39 Å². The van der Waals surface area contributed by atoms with Crippen molar-refractivity contribution in [2.24, 2.45) is 4.99 Å².